The van der Waals surface area contributed by atoms with Gasteiger partial charge in [-0.25, -0.2) is 4.39 Å². The Bertz CT molecular complexity index is 863. The topological polar surface area (TPSA) is 35.5 Å². The van der Waals surface area contributed by atoms with Crippen LogP contribution in [0.5, 0.6) is 11.5 Å². The van der Waals surface area contributed by atoms with Crippen molar-refractivity contribution in [2.75, 3.05) is 0 Å². The van der Waals surface area contributed by atoms with Crippen molar-refractivity contribution >= 4 is 5.97 Å². The number of hydrogen-bond acceptors (Lipinski definition) is 3. The lowest BCUT2D eigenvalue weighted by Gasteiger charge is -2.45. The van der Waals surface area contributed by atoms with Gasteiger partial charge in [-0.15, -0.1) is 0 Å². The number of rotatable bonds is 8. The average molecular weight is 493 g/mol. The van der Waals surface area contributed by atoms with Crippen molar-refractivity contribution in [2.45, 2.75) is 90.6 Å². The van der Waals surface area contributed by atoms with E-state index >= 15 is 0 Å². The smallest absolute Gasteiger partial charge is 0.387 e. The molecule has 35 heavy (non-hydrogen) atoms. The summed E-state index contributed by atoms with van der Waals surface area (Å²) >= 11 is 0. The minimum atomic E-state index is -3.11. The lowest BCUT2D eigenvalue weighted by Crippen LogP contribution is -2.35. The van der Waals surface area contributed by atoms with Gasteiger partial charge in [0.25, 0.3) is 0 Å². The number of carbonyl (C=O) groups excluding carboxylic acids is 1. The van der Waals surface area contributed by atoms with Gasteiger partial charge in [-0.1, -0.05) is 18.6 Å². The van der Waals surface area contributed by atoms with Crippen LogP contribution in [0.15, 0.2) is 30.4 Å². The second-order valence-electron chi connectivity index (χ2n) is 10.9. The number of hydrogen-bond donors (Lipinski definition) is 0. The Balaban J connectivity index is 1.21. The molecule has 1 aromatic carbocycles. The van der Waals surface area contributed by atoms with Crippen molar-refractivity contribution in [3.05, 3.63) is 36.2 Å². The normalized spacial score (nSPS) is 31.3. The predicted molar refractivity (Wildman–Crippen MR) is 130 cm³/mol. The van der Waals surface area contributed by atoms with Gasteiger partial charge in [0.2, 0.25) is 0 Å². The zero-order chi connectivity index (χ0) is 24.8. The number of carbonyl (C=O) groups is 1. The second kappa shape index (κ2) is 12.3. The molecular formula is C29H39F3O3. The van der Waals surface area contributed by atoms with Crippen molar-refractivity contribution in [3.8, 4) is 11.5 Å². The molecule has 194 valence electrons. The molecule has 3 saturated carbocycles. The maximum absolute atomic E-state index is 13.9. The molecule has 0 aliphatic heterocycles. The molecule has 4 rings (SSSR count). The van der Waals surface area contributed by atoms with E-state index in [9.17, 15) is 18.0 Å². The van der Waals surface area contributed by atoms with Crippen molar-refractivity contribution < 1.29 is 27.4 Å². The van der Waals surface area contributed by atoms with Gasteiger partial charge in [0, 0.05) is 6.07 Å². The number of fused-ring (bicyclic) bond motifs is 1. The van der Waals surface area contributed by atoms with Gasteiger partial charge >= 0.3 is 12.6 Å². The second-order valence-corrected chi connectivity index (χ2v) is 10.9. The largest absolute Gasteiger partial charge is 0.432 e. The van der Waals surface area contributed by atoms with Crippen LogP contribution in [0.25, 0.3) is 0 Å². The van der Waals surface area contributed by atoms with Gasteiger partial charge in [-0.2, -0.15) is 8.78 Å². The van der Waals surface area contributed by atoms with Gasteiger partial charge < -0.3 is 9.47 Å². The van der Waals surface area contributed by atoms with Crippen molar-refractivity contribution in [2.24, 2.45) is 35.5 Å². The molecule has 0 heterocycles. The van der Waals surface area contributed by atoms with Gasteiger partial charge in [0.1, 0.15) is 5.75 Å². The first-order valence-electron chi connectivity index (χ1n) is 13.5. The van der Waals surface area contributed by atoms with E-state index in [4.69, 9.17) is 4.74 Å². The first kappa shape index (κ1) is 26.1. The highest BCUT2D eigenvalue weighted by atomic mass is 19.3. The summed E-state index contributed by atoms with van der Waals surface area (Å²) in [5.41, 5.74) is 0. The molecule has 1 aromatic rings. The van der Waals surface area contributed by atoms with Crippen molar-refractivity contribution in [3.63, 3.8) is 0 Å². The molecule has 0 spiro atoms. The van der Waals surface area contributed by atoms with E-state index in [1.54, 1.807) is 0 Å². The van der Waals surface area contributed by atoms with E-state index in [2.05, 4.69) is 23.8 Å². The highest BCUT2D eigenvalue weighted by molar-refractivity contribution is 5.75. The molecule has 0 N–H and O–H groups in total. The molecule has 3 fully saturated rings. The molecule has 0 aromatic heterocycles. The van der Waals surface area contributed by atoms with Crippen LogP contribution in [-0.4, -0.2) is 12.6 Å². The quantitative estimate of drug-likeness (QED) is 0.208. The van der Waals surface area contributed by atoms with Crippen molar-refractivity contribution in [1.82, 2.24) is 0 Å². The Labute approximate surface area is 207 Å². The Morgan fingerprint density at radius 1 is 0.971 bits per heavy atom. The summed E-state index contributed by atoms with van der Waals surface area (Å²) in [4.78, 5) is 12.6. The van der Waals surface area contributed by atoms with Crippen LogP contribution in [-0.2, 0) is 4.79 Å². The van der Waals surface area contributed by atoms with Crippen LogP contribution in [0.1, 0.15) is 84.0 Å². The lowest BCUT2D eigenvalue weighted by atomic mass is 9.60. The fraction of sp³-hybridized carbons (Fsp3) is 0.690. The van der Waals surface area contributed by atoms with Crippen molar-refractivity contribution in [1.29, 1.82) is 0 Å². The number of alkyl halides is 2. The summed E-state index contributed by atoms with van der Waals surface area (Å²) in [6.07, 6.45) is 19.0. The lowest BCUT2D eigenvalue weighted by molar-refractivity contribution is -0.140. The third-order valence-corrected chi connectivity index (χ3v) is 8.85. The molecule has 0 amide bonds. The Morgan fingerprint density at radius 2 is 1.63 bits per heavy atom. The van der Waals surface area contributed by atoms with E-state index in [1.807, 2.05) is 0 Å². The monoisotopic (exact) mass is 492 g/mol. The summed E-state index contributed by atoms with van der Waals surface area (Å²) in [5, 5.41) is 0. The van der Waals surface area contributed by atoms with E-state index in [0.29, 0.717) is 5.92 Å². The molecule has 0 radical (unpaired) electrons. The SMILES string of the molecule is C/C=C/CCC1CCC2CC(C3CCC(C(=O)Oc4ccc(OC(F)F)c(F)c4)CC3)CCC2C1. The Kier molecular flexibility index (Phi) is 9.18. The van der Waals surface area contributed by atoms with Gasteiger partial charge in [-0.3, -0.25) is 4.79 Å². The minimum Gasteiger partial charge on any atom is -0.432 e. The number of halogens is 3. The summed E-state index contributed by atoms with van der Waals surface area (Å²) in [6.45, 7) is -1.00. The zero-order valence-electron chi connectivity index (χ0n) is 20.8. The maximum Gasteiger partial charge on any atom is 0.387 e. The first-order chi connectivity index (χ1) is 16.9. The summed E-state index contributed by atoms with van der Waals surface area (Å²) in [7, 11) is 0. The van der Waals surface area contributed by atoms with E-state index in [0.717, 1.165) is 61.5 Å². The zero-order valence-corrected chi connectivity index (χ0v) is 20.8. The highest BCUT2D eigenvalue weighted by Crippen LogP contribution is 2.49. The van der Waals surface area contributed by atoms with Crippen LogP contribution in [0, 0.1) is 41.3 Å². The van der Waals surface area contributed by atoms with Gasteiger partial charge in [0.15, 0.2) is 11.6 Å². The molecule has 3 aliphatic carbocycles. The number of esters is 1. The molecular weight excluding hydrogens is 453 g/mol. The van der Waals surface area contributed by atoms with E-state index in [1.165, 1.54) is 57.4 Å². The minimum absolute atomic E-state index is 0.0240. The summed E-state index contributed by atoms with van der Waals surface area (Å²) < 4.78 is 48.0. The third-order valence-electron chi connectivity index (χ3n) is 8.85. The van der Waals surface area contributed by atoms with Crippen LogP contribution in [0.3, 0.4) is 0 Å². The van der Waals surface area contributed by atoms with Crippen LogP contribution in [0.2, 0.25) is 0 Å². The summed E-state index contributed by atoms with van der Waals surface area (Å²) in [6, 6.07) is 3.28. The molecule has 6 heteroatoms. The summed E-state index contributed by atoms with van der Waals surface area (Å²) in [5.74, 6) is 2.14. The van der Waals surface area contributed by atoms with E-state index in [-0.39, 0.29) is 17.6 Å². The van der Waals surface area contributed by atoms with E-state index < -0.39 is 18.2 Å². The van der Waals surface area contributed by atoms with Crippen LogP contribution in [0.4, 0.5) is 13.2 Å². The Morgan fingerprint density at radius 3 is 2.31 bits per heavy atom. The Hall–Kier alpha value is -1.98. The first-order valence-corrected chi connectivity index (χ1v) is 13.5. The molecule has 0 saturated heterocycles. The predicted octanol–water partition coefficient (Wildman–Crippen LogP) is 8.33. The van der Waals surface area contributed by atoms with Gasteiger partial charge in [0.05, 0.1) is 5.92 Å². The fourth-order valence-electron chi connectivity index (χ4n) is 6.97. The molecule has 4 unspecified atom stereocenters. The molecule has 3 nitrogen and oxygen atoms in total. The fourth-order valence-corrected chi connectivity index (χ4v) is 6.97. The maximum atomic E-state index is 13.9. The number of allylic oxidation sites excluding steroid dienone is 2. The molecule has 0 bridgehead atoms. The highest BCUT2D eigenvalue weighted by Gasteiger charge is 2.39. The van der Waals surface area contributed by atoms with Crippen LogP contribution >= 0.6 is 0 Å². The average Bonchev–Trinajstić information content (AvgIpc) is 2.85. The molecule has 3 aliphatic rings. The standard InChI is InChI=1S/C29H39F3O3/c1-2-3-4-5-19-6-7-24-17-23(13-12-22(24)16-19)20-8-10-21(11-9-20)28(33)34-25-14-15-27(26(30)18-25)35-29(31)32/h2-3,14-15,18-24,29H,4-13,16-17H2,1H3/b3-2+. The van der Waals surface area contributed by atoms with Crippen LogP contribution < -0.4 is 9.47 Å². The third kappa shape index (κ3) is 7.04. The van der Waals surface area contributed by atoms with Gasteiger partial charge in [-0.05, 0) is 119 Å². The number of ether oxygens (including phenoxy) is 2. The number of benzene rings is 1. The molecule has 4 atom stereocenters.